The average Bonchev–Trinajstić information content (AvgIpc) is 3.78. The molecule has 2 atom stereocenters. The van der Waals surface area contributed by atoms with Crippen LogP contribution in [0.3, 0.4) is 0 Å². The number of aliphatic imine (C=N–C) groups is 1. The predicted molar refractivity (Wildman–Crippen MR) is 188 cm³/mol. The molecule has 238 valence electrons. The molecule has 42 heavy (non-hydrogen) atoms. The van der Waals surface area contributed by atoms with Crippen LogP contribution in [-0.4, -0.2) is 49.5 Å². The third-order valence-electron chi connectivity index (χ3n) is 6.82. The van der Waals surface area contributed by atoms with Gasteiger partial charge in [-0.05, 0) is 82.2 Å². The Morgan fingerprint density at radius 1 is 1.17 bits per heavy atom. The molecule has 0 aliphatic heterocycles. The Bertz CT molecular complexity index is 965. The van der Waals surface area contributed by atoms with Gasteiger partial charge in [-0.1, -0.05) is 92.7 Å². The number of rotatable bonds is 11. The Balaban J connectivity index is 0. The number of nitrogens with zero attached hydrogens (tertiary/aromatic N) is 2. The van der Waals surface area contributed by atoms with E-state index >= 15 is 0 Å². The predicted octanol–water partition coefficient (Wildman–Crippen LogP) is 9.37. The van der Waals surface area contributed by atoms with E-state index in [1.54, 1.807) is 20.2 Å². The Morgan fingerprint density at radius 3 is 2.10 bits per heavy atom. The van der Waals surface area contributed by atoms with Crippen LogP contribution in [0.1, 0.15) is 93.1 Å². The fourth-order valence-corrected chi connectivity index (χ4v) is 4.74. The molecule has 2 rings (SSSR count). The molecular formula is C36H60BrN3O2. The highest BCUT2D eigenvalue weighted by Gasteiger charge is 2.32. The lowest BCUT2D eigenvalue weighted by atomic mass is 9.83. The maximum absolute atomic E-state index is 11.7. The highest BCUT2D eigenvalue weighted by Crippen LogP contribution is 2.36. The smallest absolute Gasteiger partial charge is 0.223 e. The zero-order chi connectivity index (χ0) is 32.9. The van der Waals surface area contributed by atoms with Crippen LogP contribution in [-0.2, 0) is 9.59 Å². The highest BCUT2D eigenvalue weighted by atomic mass is 79.9. The maximum atomic E-state index is 11.7. The van der Waals surface area contributed by atoms with Crippen molar-refractivity contribution in [3.8, 4) is 0 Å². The van der Waals surface area contributed by atoms with E-state index in [0.29, 0.717) is 6.54 Å². The number of unbranched alkanes of at least 4 members (excludes halogenated alkanes) is 1. The summed E-state index contributed by atoms with van der Waals surface area (Å²) >= 11 is 3.35. The number of carbonyl (C=O) groups is 2. The lowest BCUT2D eigenvalue weighted by molar-refractivity contribution is -0.125. The minimum Gasteiger partial charge on any atom is -0.370 e. The molecule has 1 N–H and O–H groups in total. The summed E-state index contributed by atoms with van der Waals surface area (Å²) in [4.78, 5) is 29.4. The molecule has 0 heterocycles. The van der Waals surface area contributed by atoms with Crippen molar-refractivity contribution in [3.05, 3.63) is 70.9 Å². The Labute approximate surface area is 267 Å². The molecule has 1 amide bonds. The third-order valence-corrected chi connectivity index (χ3v) is 7.35. The highest BCUT2D eigenvalue weighted by molar-refractivity contribution is 9.10. The number of ketones is 1. The van der Waals surface area contributed by atoms with Crippen LogP contribution in [0, 0.1) is 24.2 Å². The summed E-state index contributed by atoms with van der Waals surface area (Å²) in [5, 5.41) is 2.93. The van der Waals surface area contributed by atoms with E-state index in [1.165, 1.54) is 24.0 Å². The van der Waals surface area contributed by atoms with Gasteiger partial charge in [-0.2, -0.15) is 0 Å². The molecule has 0 aromatic heterocycles. The molecule has 1 saturated carbocycles. The van der Waals surface area contributed by atoms with Crippen molar-refractivity contribution in [1.29, 1.82) is 0 Å². The summed E-state index contributed by atoms with van der Waals surface area (Å²) in [5.74, 6) is 1.26. The van der Waals surface area contributed by atoms with Crippen LogP contribution in [0.15, 0.2) is 70.3 Å². The van der Waals surface area contributed by atoms with Gasteiger partial charge in [-0.15, -0.1) is 13.2 Å². The molecule has 1 fully saturated rings. The van der Waals surface area contributed by atoms with Crippen LogP contribution in [0.25, 0.3) is 0 Å². The van der Waals surface area contributed by atoms with Crippen molar-refractivity contribution < 1.29 is 9.59 Å². The molecule has 0 saturated heterocycles. The van der Waals surface area contributed by atoms with Crippen LogP contribution in [0.4, 0.5) is 0 Å². The first kappa shape index (κ1) is 41.7. The Kier molecular flexibility index (Phi) is 22.9. The number of halogens is 1. The molecule has 0 bridgehead atoms. The van der Waals surface area contributed by atoms with Gasteiger partial charge in [0.25, 0.3) is 0 Å². The van der Waals surface area contributed by atoms with Crippen LogP contribution in [0.2, 0.25) is 0 Å². The van der Waals surface area contributed by atoms with E-state index in [-0.39, 0.29) is 29.1 Å². The minimum atomic E-state index is -0.0267. The van der Waals surface area contributed by atoms with Gasteiger partial charge in [0.1, 0.15) is 0 Å². The number of Topliss-reactive ketones (excluding diaryl/α,β-unsaturated/α-hetero) is 1. The number of allylic oxidation sites excluding steroid dienone is 2. The summed E-state index contributed by atoms with van der Waals surface area (Å²) in [5.41, 5.74) is 3.74. The zero-order valence-electron chi connectivity index (χ0n) is 28.5. The first-order valence-corrected chi connectivity index (χ1v) is 15.9. The van der Waals surface area contributed by atoms with Crippen molar-refractivity contribution in [1.82, 2.24) is 10.2 Å². The van der Waals surface area contributed by atoms with Crippen molar-refractivity contribution in [2.24, 2.45) is 22.2 Å². The second-order valence-electron chi connectivity index (χ2n) is 12.0. The Hall–Kier alpha value is -2.47. The molecule has 0 spiro atoms. The summed E-state index contributed by atoms with van der Waals surface area (Å²) < 4.78 is 1.14. The number of carbonyl (C=O) groups excluding carboxylic acids is 2. The molecule has 1 aromatic carbocycles. The average molecular weight is 647 g/mol. The number of benzene rings is 1. The first-order chi connectivity index (χ1) is 19.7. The van der Waals surface area contributed by atoms with Crippen LogP contribution < -0.4 is 5.32 Å². The fraction of sp³-hybridized carbons (Fsp3) is 0.583. The number of amides is 1. The summed E-state index contributed by atoms with van der Waals surface area (Å²) in [6.45, 7) is 24.9. The van der Waals surface area contributed by atoms with Gasteiger partial charge in [0.05, 0.1) is 6.04 Å². The molecular weight excluding hydrogens is 586 g/mol. The molecule has 1 aliphatic carbocycles. The van der Waals surface area contributed by atoms with Gasteiger partial charge >= 0.3 is 0 Å². The molecule has 1 unspecified atom stereocenters. The normalized spacial score (nSPS) is 14.7. The van der Waals surface area contributed by atoms with Crippen LogP contribution >= 0.6 is 15.9 Å². The van der Waals surface area contributed by atoms with E-state index < -0.39 is 0 Å². The van der Waals surface area contributed by atoms with Gasteiger partial charge in [0.2, 0.25) is 5.91 Å². The van der Waals surface area contributed by atoms with E-state index in [2.05, 4.69) is 104 Å². The first-order valence-electron chi connectivity index (χ1n) is 15.2. The number of aryl methyl sites for hydroxylation is 1. The van der Waals surface area contributed by atoms with Crippen molar-refractivity contribution in [3.63, 3.8) is 0 Å². The molecule has 5 nitrogen and oxygen atoms in total. The Morgan fingerprint density at radius 2 is 1.71 bits per heavy atom. The van der Waals surface area contributed by atoms with Gasteiger partial charge in [0.15, 0.2) is 5.78 Å². The molecule has 6 heteroatoms. The molecule has 1 aliphatic rings. The standard InChI is InChI=1S/C14H25NO.C13H24N2O.C7H7Br.C2H4/c1-10(12-7-8-12)9-15(6)13(11(2)16)14(3,4)5;1-5-7-8-11(3)13(16)15-10-12(6-2)9-14-4;1-6-2-4-7(8)5-3-6;1-2/h9,12-13H,7-8H2,1-6H3;6,9,11H,5,7-8,10H2,1-4H3,(H,15,16);2-5H,1H3;1-2H2/b10-9+;12-6+,14-9?;;/t;11-;;/m.0../s1. The van der Waals surface area contributed by atoms with Gasteiger partial charge in [0, 0.05) is 37.2 Å². The lowest BCUT2D eigenvalue weighted by Crippen LogP contribution is -2.44. The summed E-state index contributed by atoms with van der Waals surface area (Å²) in [6, 6.07) is 8.19. The van der Waals surface area contributed by atoms with E-state index in [9.17, 15) is 9.59 Å². The van der Waals surface area contributed by atoms with Gasteiger partial charge < -0.3 is 10.2 Å². The lowest BCUT2D eigenvalue weighted by Gasteiger charge is -2.36. The number of hydrogen-bond donors (Lipinski definition) is 1. The summed E-state index contributed by atoms with van der Waals surface area (Å²) in [7, 11) is 3.75. The SMILES string of the molecule is C/C=C(\C=NC)CNC(=O)[C@@H](C)CCCC.C=C.CC(=O)C(N(C)/C=C(\C)C1CC1)C(C)(C)C.Cc1ccc(Br)cc1. The fourth-order valence-electron chi connectivity index (χ4n) is 4.47. The number of nitrogens with one attached hydrogen (secondary N) is 1. The number of hydrogen-bond acceptors (Lipinski definition) is 4. The van der Waals surface area contributed by atoms with Gasteiger partial charge in [-0.25, -0.2) is 0 Å². The van der Waals surface area contributed by atoms with E-state index in [4.69, 9.17) is 0 Å². The van der Waals surface area contributed by atoms with E-state index in [1.807, 2.05) is 39.1 Å². The molecule has 1 aromatic rings. The van der Waals surface area contributed by atoms with Crippen molar-refractivity contribution in [2.45, 2.75) is 100 Å². The topological polar surface area (TPSA) is 61.8 Å². The molecule has 0 radical (unpaired) electrons. The quantitative estimate of drug-likeness (QED) is 0.193. The van der Waals surface area contributed by atoms with Gasteiger partial charge in [-0.3, -0.25) is 14.6 Å². The monoisotopic (exact) mass is 645 g/mol. The summed E-state index contributed by atoms with van der Waals surface area (Å²) in [6.07, 6.45) is 11.7. The third kappa shape index (κ3) is 19.6. The second kappa shape index (κ2) is 23.0. The number of likely N-dealkylation sites (N-methyl/N-ethyl adjacent to an activating group) is 1. The minimum absolute atomic E-state index is 0.0130. The largest absolute Gasteiger partial charge is 0.370 e. The van der Waals surface area contributed by atoms with E-state index in [0.717, 1.165) is 35.2 Å². The van der Waals surface area contributed by atoms with Crippen molar-refractivity contribution >= 4 is 33.8 Å². The van der Waals surface area contributed by atoms with Crippen LogP contribution in [0.5, 0.6) is 0 Å². The van der Waals surface area contributed by atoms with Crippen molar-refractivity contribution in [2.75, 3.05) is 20.6 Å². The maximum Gasteiger partial charge on any atom is 0.223 e. The zero-order valence-corrected chi connectivity index (χ0v) is 30.1. The second-order valence-corrected chi connectivity index (χ2v) is 12.9.